The van der Waals surface area contributed by atoms with Crippen LogP contribution in [0.1, 0.15) is 0 Å². The topological polar surface area (TPSA) is 225 Å². The largest absolute Gasteiger partial charge is 0.479 e. The number of carboxylic acid groups (broad SMARTS) is 4. The molecule has 0 amide bonds. The summed E-state index contributed by atoms with van der Waals surface area (Å²) in [6, 6.07) is 0. The predicted molar refractivity (Wildman–Crippen MR) is 60.4 cm³/mol. The van der Waals surface area contributed by atoms with Crippen molar-refractivity contribution in [2.75, 3.05) is 0 Å². The van der Waals surface area contributed by atoms with E-state index in [0.717, 1.165) is 0 Å². The van der Waals surface area contributed by atoms with Gasteiger partial charge in [-0.3, -0.25) is 0 Å². The molecule has 0 rings (SSSR count). The van der Waals surface area contributed by atoms with E-state index in [2.05, 4.69) is 8.37 Å². The van der Waals surface area contributed by atoms with Gasteiger partial charge in [-0.1, -0.05) is 0 Å². The Morgan fingerprint density at radius 1 is 0.682 bits per heavy atom. The molecule has 0 aliphatic carbocycles. The Morgan fingerprint density at radius 3 is 1.14 bits per heavy atom. The highest BCUT2D eigenvalue weighted by Gasteiger charge is 2.39. The number of aliphatic hydroxyl groups excluding tert-OH is 2. The Morgan fingerprint density at radius 2 is 0.955 bits per heavy atom. The van der Waals surface area contributed by atoms with Crippen LogP contribution in [0.3, 0.4) is 0 Å². The van der Waals surface area contributed by atoms with Gasteiger partial charge in [0.1, 0.15) is 0 Å². The lowest BCUT2D eigenvalue weighted by Gasteiger charge is -2.18. The summed E-state index contributed by atoms with van der Waals surface area (Å²) in [5.74, 6) is -8.25. The molecule has 14 heteroatoms. The van der Waals surface area contributed by atoms with Crippen LogP contribution < -0.4 is 0 Å². The van der Waals surface area contributed by atoms with Crippen molar-refractivity contribution >= 4 is 35.2 Å². The van der Waals surface area contributed by atoms with Gasteiger partial charge in [0.25, 0.3) is 0 Å². The van der Waals surface area contributed by atoms with E-state index in [9.17, 15) is 23.4 Å². The molecule has 4 unspecified atom stereocenters. The van der Waals surface area contributed by atoms with Crippen LogP contribution in [0.15, 0.2) is 0 Å². The van der Waals surface area contributed by atoms with E-state index in [1.54, 1.807) is 0 Å². The monoisotopic (exact) mass is 346 g/mol. The summed E-state index contributed by atoms with van der Waals surface area (Å²) in [6.45, 7) is 0. The van der Waals surface area contributed by atoms with Crippen LogP contribution in [-0.2, 0) is 38.9 Å². The van der Waals surface area contributed by atoms with Crippen molar-refractivity contribution in [3.8, 4) is 0 Å². The van der Waals surface area contributed by atoms with Crippen molar-refractivity contribution in [1.82, 2.24) is 0 Å². The van der Waals surface area contributed by atoms with Crippen molar-refractivity contribution in [3.05, 3.63) is 0 Å². The summed E-state index contributed by atoms with van der Waals surface area (Å²) in [7, 11) is 0. The van der Waals surface area contributed by atoms with Gasteiger partial charge in [0.15, 0.2) is 12.2 Å². The van der Waals surface area contributed by atoms with E-state index in [0.29, 0.717) is 0 Å². The maximum Gasteiger partial charge on any atom is 0.337 e. The third kappa shape index (κ3) is 5.70. The highest BCUT2D eigenvalue weighted by molar-refractivity contribution is 7.75. The molecule has 0 saturated heterocycles. The molecule has 0 heterocycles. The molecule has 13 nitrogen and oxygen atoms in total. The quantitative estimate of drug-likeness (QED) is 0.225. The molecule has 22 heavy (non-hydrogen) atoms. The minimum absolute atomic E-state index is 2.05. The summed E-state index contributed by atoms with van der Waals surface area (Å²) in [5, 5.41) is 52.0. The molecule has 0 radical (unpaired) electrons. The molecule has 0 bridgehead atoms. The number of hydrogen-bond acceptors (Lipinski definition) is 9. The molecular formula is C8H10O13S. The van der Waals surface area contributed by atoms with Crippen LogP contribution in [0.5, 0.6) is 0 Å². The second-order valence-electron chi connectivity index (χ2n) is 3.48. The number of carboxylic acids is 4. The Balaban J connectivity index is 5.01. The lowest BCUT2D eigenvalue weighted by molar-refractivity contribution is -0.166. The molecule has 126 valence electrons. The van der Waals surface area contributed by atoms with Gasteiger partial charge in [0.2, 0.25) is 12.2 Å². The van der Waals surface area contributed by atoms with E-state index >= 15 is 0 Å². The van der Waals surface area contributed by atoms with Crippen LogP contribution in [0, 0.1) is 0 Å². The first-order valence-corrected chi connectivity index (χ1v) is 6.02. The predicted octanol–water partition coefficient (Wildman–Crippen LogP) is -3.60. The Labute approximate surface area is 123 Å². The first-order valence-electron chi connectivity index (χ1n) is 5.02. The average molecular weight is 346 g/mol. The fourth-order valence-corrected chi connectivity index (χ4v) is 1.67. The van der Waals surface area contributed by atoms with Crippen molar-refractivity contribution in [1.29, 1.82) is 0 Å². The summed E-state index contributed by atoms with van der Waals surface area (Å²) < 4.78 is 19.3. The van der Waals surface area contributed by atoms with Crippen molar-refractivity contribution in [2.24, 2.45) is 0 Å². The zero-order valence-electron chi connectivity index (χ0n) is 10.3. The lowest BCUT2D eigenvalue weighted by Crippen LogP contribution is -2.45. The highest BCUT2D eigenvalue weighted by atomic mass is 32.2. The summed E-state index contributed by atoms with van der Waals surface area (Å²) >= 11 is -3.30. The third-order valence-corrected chi connectivity index (χ3v) is 2.66. The number of hydrogen-bond donors (Lipinski definition) is 6. The smallest absolute Gasteiger partial charge is 0.337 e. The van der Waals surface area contributed by atoms with Crippen LogP contribution >= 0.6 is 0 Å². The van der Waals surface area contributed by atoms with Gasteiger partial charge in [-0.2, -0.15) is 4.21 Å². The molecule has 0 aromatic carbocycles. The van der Waals surface area contributed by atoms with E-state index in [4.69, 9.17) is 30.6 Å². The van der Waals surface area contributed by atoms with E-state index in [1.165, 1.54) is 0 Å². The minimum atomic E-state index is -3.30. The highest BCUT2D eigenvalue weighted by Crippen LogP contribution is 2.09. The van der Waals surface area contributed by atoms with Crippen LogP contribution in [0.2, 0.25) is 0 Å². The average Bonchev–Trinajstić information content (AvgIpc) is 2.39. The first-order chi connectivity index (χ1) is 9.98. The molecule has 0 aromatic heterocycles. The fourth-order valence-electron chi connectivity index (χ4n) is 0.909. The SMILES string of the molecule is O=C(O)C(O)C(OS(=O)OC(C(=O)O)C(O)C(=O)O)C(=O)O. The van der Waals surface area contributed by atoms with Gasteiger partial charge < -0.3 is 30.6 Å². The minimum Gasteiger partial charge on any atom is -0.479 e. The molecule has 0 fully saturated rings. The molecule has 0 aliphatic heterocycles. The summed E-state index contributed by atoms with van der Waals surface area (Å²) in [6.07, 6.45) is -10.5. The van der Waals surface area contributed by atoms with E-state index < -0.39 is 59.7 Å². The molecule has 0 aromatic rings. The molecule has 0 aliphatic rings. The van der Waals surface area contributed by atoms with Gasteiger partial charge in [-0.05, 0) is 0 Å². The molecule has 0 saturated carbocycles. The standard InChI is InChI=1S/C8H10O13S/c9-1(5(11)12)3(7(15)16)20-22(19)21-4(8(17)18)2(10)6(13)14/h1-4,9-10H,(H,11,12)(H,13,14)(H,15,16)(H,17,18). The van der Waals surface area contributed by atoms with Crippen LogP contribution in [-0.4, -0.2) is 83.1 Å². The Kier molecular flexibility index (Phi) is 7.54. The maximum atomic E-state index is 11.3. The van der Waals surface area contributed by atoms with Crippen molar-refractivity contribution < 1.29 is 62.4 Å². The van der Waals surface area contributed by atoms with Crippen LogP contribution in [0.25, 0.3) is 0 Å². The number of carbonyl (C=O) groups is 4. The zero-order chi connectivity index (χ0) is 17.6. The van der Waals surface area contributed by atoms with E-state index in [1.807, 2.05) is 0 Å². The molecule has 0 spiro atoms. The fraction of sp³-hybridized carbons (Fsp3) is 0.500. The van der Waals surface area contributed by atoms with Gasteiger partial charge >= 0.3 is 35.2 Å². The van der Waals surface area contributed by atoms with Gasteiger partial charge in [0.05, 0.1) is 0 Å². The Hall–Kier alpha value is -2.13. The van der Waals surface area contributed by atoms with Gasteiger partial charge in [0, 0.05) is 0 Å². The number of aliphatic carboxylic acids is 4. The maximum absolute atomic E-state index is 11.3. The van der Waals surface area contributed by atoms with Gasteiger partial charge in [-0.15, -0.1) is 0 Å². The lowest BCUT2D eigenvalue weighted by atomic mass is 10.2. The normalized spacial score (nSPS) is 17.7. The molecule has 6 N–H and O–H groups in total. The molecular weight excluding hydrogens is 336 g/mol. The third-order valence-electron chi connectivity index (χ3n) is 1.93. The van der Waals surface area contributed by atoms with E-state index in [-0.39, 0.29) is 0 Å². The molecule has 4 atom stereocenters. The second-order valence-corrected chi connectivity index (χ2v) is 4.27. The number of aliphatic hydroxyl groups is 2. The summed E-state index contributed by atoms with van der Waals surface area (Å²) in [4.78, 5) is 42.1. The van der Waals surface area contributed by atoms with Crippen molar-refractivity contribution in [2.45, 2.75) is 24.4 Å². The first kappa shape index (κ1) is 19.9. The van der Waals surface area contributed by atoms with Gasteiger partial charge in [-0.25, -0.2) is 27.5 Å². The second kappa shape index (κ2) is 8.35. The summed E-state index contributed by atoms with van der Waals surface area (Å²) in [5.41, 5.74) is 0. The van der Waals surface area contributed by atoms with Crippen LogP contribution in [0.4, 0.5) is 0 Å². The Bertz CT molecular complexity index is 444. The van der Waals surface area contributed by atoms with Crippen molar-refractivity contribution in [3.63, 3.8) is 0 Å². The number of rotatable bonds is 10. The zero-order valence-corrected chi connectivity index (χ0v) is 11.1.